The van der Waals surface area contributed by atoms with Crippen LogP contribution in [0, 0.1) is 5.41 Å². The first-order chi connectivity index (χ1) is 6.04. The van der Waals surface area contributed by atoms with Crippen LogP contribution in [0.4, 0.5) is 0 Å². The average molecular weight is 180 g/mol. The first-order valence-electron chi connectivity index (χ1n) is 4.78. The van der Waals surface area contributed by atoms with E-state index in [1.807, 2.05) is 6.92 Å². The largest absolute Gasteiger partial charge is 0.299 e. The van der Waals surface area contributed by atoms with Crippen LogP contribution in [-0.4, -0.2) is 11.6 Å². The van der Waals surface area contributed by atoms with Crippen molar-refractivity contribution in [3.63, 3.8) is 0 Å². The fraction of sp³-hybridized carbons (Fsp3) is 0.636. The van der Waals surface area contributed by atoms with Gasteiger partial charge in [0.15, 0.2) is 5.78 Å². The number of carbonyl (C=O) groups is 2. The number of carbonyl (C=O) groups excluding carboxylic acids is 2. The summed E-state index contributed by atoms with van der Waals surface area (Å²) in [4.78, 5) is 22.3. The van der Waals surface area contributed by atoms with Gasteiger partial charge in [-0.1, -0.05) is 12.5 Å². The van der Waals surface area contributed by atoms with Crippen molar-refractivity contribution < 1.29 is 9.59 Å². The Hall–Kier alpha value is -0.920. The van der Waals surface area contributed by atoms with Crippen LogP contribution in [0.15, 0.2) is 12.2 Å². The lowest BCUT2D eigenvalue weighted by molar-refractivity contribution is -0.127. The van der Waals surface area contributed by atoms with E-state index in [9.17, 15) is 9.59 Å². The minimum atomic E-state index is -0.371. The van der Waals surface area contributed by atoms with Gasteiger partial charge in [0, 0.05) is 11.8 Å². The van der Waals surface area contributed by atoms with Crippen LogP contribution < -0.4 is 0 Å². The Labute approximate surface area is 79.0 Å². The van der Waals surface area contributed by atoms with Crippen LogP contribution in [0.1, 0.15) is 39.5 Å². The molecule has 0 amide bonds. The molecule has 0 bridgehead atoms. The predicted molar refractivity (Wildman–Crippen MR) is 51.4 cm³/mol. The van der Waals surface area contributed by atoms with Gasteiger partial charge in [0.25, 0.3) is 0 Å². The van der Waals surface area contributed by atoms with Crippen molar-refractivity contribution in [1.82, 2.24) is 0 Å². The molecule has 13 heavy (non-hydrogen) atoms. The Kier molecular flexibility index (Phi) is 3.02. The maximum absolute atomic E-state index is 11.6. The van der Waals surface area contributed by atoms with Gasteiger partial charge >= 0.3 is 0 Å². The molecule has 1 saturated carbocycles. The summed E-state index contributed by atoms with van der Waals surface area (Å²) < 4.78 is 0. The van der Waals surface area contributed by atoms with Crippen LogP contribution in [0.3, 0.4) is 0 Å². The molecule has 1 aliphatic carbocycles. The number of Topliss-reactive ketones (excluding diaryl/α,β-unsaturated/α-hetero) is 1. The summed E-state index contributed by atoms with van der Waals surface area (Å²) in [6.07, 6.45) is 6.93. The molecule has 0 heterocycles. The van der Waals surface area contributed by atoms with Crippen LogP contribution in [0.5, 0.6) is 0 Å². The molecule has 2 nitrogen and oxygen atoms in total. The van der Waals surface area contributed by atoms with Crippen molar-refractivity contribution in [2.24, 2.45) is 5.41 Å². The molecule has 0 saturated heterocycles. The normalized spacial score (nSPS) is 29.5. The highest BCUT2D eigenvalue weighted by atomic mass is 16.1. The van der Waals surface area contributed by atoms with Crippen LogP contribution >= 0.6 is 0 Å². The number of ketones is 2. The topological polar surface area (TPSA) is 34.1 Å². The van der Waals surface area contributed by atoms with Crippen molar-refractivity contribution in [2.75, 3.05) is 0 Å². The molecule has 0 aromatic rings. The lowest BCUT2D eigenvalue weighted by Gasteiger charge is -2.28. The van der Waals surface area contributed by atoms with E-state index in [2.05, 4.69) is 0 Å². The van der Waals surface area contributed by atoms with Gasteiger partial charge in [-0.15, -0.1) is 0 Å². The van der Waals surface area contributed by atoms with Gasteiger partial charge < -0.3 is 0 Å². The highest BCUT2D eigenvalue weighted by Crippen LogP contribution is 2.33. The Bertz CT molecular complexity index is 253. The Balaban J connectivity index is 2.72. The third kappa shape index (κ3) is 2.51. The fourth-order valence-corrected chi connectivity index (χ4v) is 1.68. The van der Waals surface area contributed by atoms with Gasteiger partial charge in [0.2, 0.25) is 0 Å². The average Bonchev–Trinajstić information content (AvgIpc) is 2.07. The number of hydrogen-bond donors (Lipinski definition) is 0. The summed E-state index contributed by atoms with van der Waals surface area (Å²) >= 11 is 0. The van der Waals surface area contributed by atoms with Crippen molar-refractivity contribution in [1.29, 1.82) is 0 Å². The quantitative estimate of drug-likeness (QED) is 0.611. The fourth-order valence-electron chi connectivity index (χ4n) is 1.68. The van der Waals surface area contributed by atoms with E-state index in [0.717, 1.165) is 19.3 Å². The van der Waals surface area contributed by atoms with E-state index >= 15 is 0 Å². The molecule has 1 aliphatic rings. The minimum absolute atomic E-state index is 0.0135. The van der Waals surface area contributed by atoms with Crippen LogP contribution in [0.2, 0.25) is 0 Å². The molecule has 1 unspecified atom stereocenters. The summed E-state index contributed by atoms with van der Waals surface area (Å²) in [5, 5.41) is 0. The first-order valence-corrected chi connectivity index (χ1v) is 4.78. The maximum Gasteiger partial charge on any atom is 0.152 e. The second-order valence-corrected chi connectivity index (χ2v) is 3.99. The predicted octanol–water partition coefficient (Wildman–Crippen LogP) is 2.28. The van der Waals surface area contributed by atoms with E-state index in [1.165, 1.54) is 13.0 Å². The molecule has 0 spiro atoms. The number of hydrogen-bond acceptors (Lipinski definition) is 2. The summed E-state index contributed by atoms with van der Waals surface area (Å²) in [5.74, 6) is 0.288. The van der Waals surface area contributed by atoms with Crippen molar-refractivity contribution in [2.45, 2.75) is 39.5 Å². The van der Waals surface area contributed by atoms with Crippen LogP contribution in [-0.2, 0) is 9.59 Å². The Morgan fingerprint density at radius 3 is 2.69 bits per heavy atom. The zero-order valence-corrected chi connectivity index (χ0v) is 8.30. The minimum Gasteiger partial charge on any atom is -0.299 e. The van der Waals surface area contributed by atoms with Gasteiger partial charge in [0.1, 0.15) is 5.78 Å². The highest BCUT2D eigenvalue weighted by Gasteiger charge is 2.32. The van der Waals surface area contributed by atoms with Gasteiger partial charge in [-0.3, -0.25) is 9.59 Å². The van der Waals surface area contributed by atoms with Gasteiger partial charge in [-0.05, 0) is 32.8 Å². The van der Waals surface area contributed by atoms with E-state index in [0.29, 0.717) is 6.42 Å². The maximum atomic E-state index is 11.6. The lowest BCUT2D eigenvalue weighted by atomic mass is 9.74. The Morgan fingerprint density at radius 2 is 2.15 bits per heavy atom. The zero-order chi connectivity index (χ0) is 9.90. The summed E-state index contributed by atoms with van der Waals surface area (Å²) in [6, 6.07) is 0. The smallest absolute Gasteiger partial charge is 0.152 e. The summed E-state index contributed by atoms with van der Waals surface area (Å²) in [6.45, 7) is 3.43. The van der Waals surface area contributed by atoms with Crippen molar-refractivity contribution in [3.8, 4) is 0 Å². The molecule has 0 aromatic carbocycles. The molecular weight excluding hydrogens is 164 g/mol. The first kappa shape index (κ1) is 10.2. The van der Waals surface area contributed by atoms with E-state index in [1.54, 1.807) is 6.08 Å². The number of rotatable bonds is 2. The second kappa shape index (κ2) is 3.86. The molecule has 1 rings (SSSR count). The van der Waals surface area contributed by atoms with E-state index in [-0.39, 0.29) is 17.0 Å². The standard InChI is InChI=1S/C11H16O2/c1-9(12)6-8-11(2)7-4-3-5-10(11)13/h6,8H,3-5,7H2,1-2H3/b8-6+. The zero-order valence-electron chi connectivity index (χ0n) is 8.30. The molecule has 72 valence electrons. The monoisotopic (exact) mass is 180 g/mol. The summed E-state index contributed by atoms with van der Waals surface area (Å²) in [5.41, 5.74) is -0.371. The molecular formula is C11H16O2. The summed E-state index contributed by atoms with van der Waals surface area (Å²) in [7, 11) is 0. The van der Waals surface area contributed by atoms with Crippen LogP contribution in [0.25, 0.3) is 0 Å². The molecule has 0 aliphatic heterocycles. The lowest BCUT2D eigenvalue weighted by Crippen LogP contribution is -2.29. The molecule has 0 radical (unpaired) electrons. The molecule has 2 heteroatoms. The SMILES string of the molecule is CC(=O)/C=C/C1(C)CCCCC1=O. The van der Waals surface area contributed by atoms with Gasteiger partial charge in [0.05, 0.1) is 0 Å². The third-order valence-electron chi connectivity index (χ3n) is 2.67. The third-order valence-corrected chi connectivity index (χ3v) is 2.67. The van der Waals surface area contributed by atoms with Crippen molar-refractivity contribution >= 4 is 11.6 Å². The van der Waals surface area contributed by atoms with Crippen molar-refractivity contribution in [3.05, 3.63) is 12.2 Å². The molecule has 1 atom stereocenters. The number of allylic oxidation sites excluding steroid dienone is 2. The molecule has 1 fully saturated rings. The van der Waals surface area contributed by atoms with E-state index < -0.39 is 0 Å². The van der Waals surface area contributed by atoms with Gasteiger partial charge in [-0.2, -0.15) is 0 Å². The molecule has 0 aromatic heterocycles. The highest BCUT2D eigenvalue weighted by molar-refractivity contribution is 5.91. The van der Waals surface area contributed by atoms with E-state index in [4.69, 9.17) is 0 Å². The Morgan fingerprint density at radius 1 is 1.46 bits per heavy atom. The second-order valence-electron chi connectivity index (χ2n) is 3.99. The van der Waals surface area contributed by atoms with Gasteiger partial charge in [-0.25, -0.2) is 0 Å². The molecule has 0 N–H and O–H groups in total.